The van der Waals surface area contributed by atoms with Crippen molar-refractivity contribution in [3.8, 4) is 5.75 Å². The Kier molecular flexibility index (Phi) is 10.4. The number of hydrogen-bond acceptors (Lipinski definition) is 4. The Bertz CT molecular complexity index is 918. The van der Waals surface area contributed by atoms with E-state index in [0.29, 0.717) is 23.5 Å². The molecule has 0 saturated carbocycles. The number of hydrogen-bond donors (Lipinski definition) is 2. The highest BCUT2D eigenvalue weighted by molar-refractivity contribution is 6.10. The summed E-state index contributed by atoms with van der Waals surface area (Å²) in [6.45, 7) is 2.70. The molecule has 0 aliphatic heterocycles. The second-order valence-electron chi connectivity index (χ2n) is 7.93. The van der Waals surface area contributed by atoms with E-state index in [2.05, 4.69) is 6.92 Å². The standard InChI is InChI=1S/C26H32O6/c1-2-3-4-5-6-7-8-9-15-32-23-14-13-20(17-22(23)18-24(27)28)25(29)19-11-10-12-21(16-19)26(30)31/h10-14,16-17H,2-9,15,18H2,1H3,(H,27,28)(H,30,31). The molecule has 0 bridgehead atoms. The minimum atomic E-state index is -1.11. The Morgan fingerprint density at radius 1 is 0.781 bits per heavy atom. The second kappa shape index (κ2) is 13.3. The number of unbranched alkanes of at least 4 members (excludes halogenated alkanes) is 7. The van der Waals surface area contributed by atoms with Crippen molar-refractivity contribution in [2.75, 3.05) is 6.61 Å². The molecule has 0 atom stereocenters. The van der Waals surface area contributed by atoms with Crippen molar-refractivity contribution in [2.45, 2.75) is 64.7 Å². The maximum absolute atomic E-state index is 12.8. The van der Waals surface area contributed by atoms with Gasteiger partial charge in [-0.2, -0.15) is 0 Å². The molecular weight excluding hydrogens is 408 g/mol. The molecule has 2 N–H and O–H groups in total. The zero-order valence-electron chi connectivity index (χ0n) is 18.6. The number of carboxylic acids is 2. The lowest BCUT2D eigenvalue weighted by Gasteiger charge is -2.12. The smallest absolute Gasteiger partial charge is 0.335 e. The van der Waals surface area contributed by atoms with Crippen molar-refractivity contribution in [1.29, 1.82) is 0 Å². The van der Waals surface area contributed by atoms with Crippen LogP contribution < -0.4 is 4.74 Å². The van der Waals surface area contributed by atoms with Gasteiger partial charge in [0.25, 0.3) is 0 Å². The Labute approximate surface area is 189 Å². The zero-order valence-corrected chi connectivity index (χ0v) is 18.6. The third-order valence-corrected chi connectivity index (χ3v) is 5.29. The maximum Gasteiger partial charge on any atom is 0.335 e. The van der Waals surface area contributed by atoms with E-state index in [0.717, 1.165) is 19.3 Å². The molecule has 0 heterocycles. The van der Waals surface area contributed by atoms with E-state index in [4.69, 9.17) is 9.84 Å². The number of ketones is 1. The molecule has 2 aromatic rings. The lowest BCUT2D eigenvalue weighted by Crippen LogP contribution is -2.09. The summed E-state index contributed by atoms with van der Waals surface area (Å²) in [5.74, 6) is -2.03. The van der Waals surface area contributed by atoms with E-state index >= 15 is 0 Å². The van der Waals surface area contributed by atoms with Gasteiger partial charge in [0.15, 0.2) is 5.78 Å². The summed E-state index contributed by atoms with van der Waals surface area (Å²) >= 11 is 0. The zero-order chi connectivity index (χ0) is 23.3. The lowest BCUT2D eigenvalue weighted by molar-refractivity contribution is -0.136. The molecule has 0 fully saturated rings. The van der Waals surface area contributed by atoms with Gasteiger partial charge in [-0.1, -0.05) is 64.0 Å². The minimum Gasteiger partial charge on any atom is -0.493 e. The number of carbonyl (C=O) groups excluding carboxylic acids is 1. The predicted molar refractivity (Wildman–Crippen MR) is 123 cm³/mol. The summed E-state index contributed by atoms with van der Waals surface area (Å²) in [6, 6.07) is 10.5. The topological polar surface area (TPSA) is 101 Å². The highest BCUT2D eigenvalue weighted by Gasteiger charge is 2.16. The van der Waals surface area contributed by atoms with Gasteiger partial charge >= 0.3 is 11.9 Å². The van der Waals surface area contributed by atoms with Crippen LogP contribution in [-0.2, 0) is 11.2 Å². The van der Waals surface area contributed by atoms with Crippen LogP contribution >= 0.6 is 0 Å². The van der Waals surface area contributed by atoms with E-state index in [1.54, 1.807) is 12.1 Å². The first kappa shape index (κ1) is 25.1. The van der Waals surface area contributed by atoms with Crippen LogP contribution in [0.1, 0.15) is 90.1 Å². The van der Waals surface area contributed by atoms with Crippen molar-refractivity contribution in [2.24, 2.45) is 0 Å². The van der Waals surface area contributed by atoms with Gasteiger partial charge in [-0.15, -0.1) is 0 Å². The van der Waals surface area contributed by atoms with E-state index < -0.39 is 11.9 Å². The van der Waals surface area contributed by atoms with Crippen molar-refractivity contribution >= 4 is 17.7 Å². The van der Waals surface area contributed by atoms with Crippen molar-refractivity contribution in [3.05, 3.63) is 64.7 Å². The van der Waals surface area contributed by atoms with Crippen LogP contribution in [0, 0.1) is 0 Å². The van der Waals surface area contributed by atoms with Crippen molar-refractivity contribution < 1.29 is 29.3 Å². The maximum atomic E-state index is 12.8. The lowest BCUT2D eigenvalue weighted by atomic mass is 9.98. The largest absolute Gasteiger partial charge is 0.493 e. The van der Waals surface area contributed by atoms with Gasteiger partial charge < -0.3 is 14.9 Å². The first-order chi connectivity index (χ1) is 15.4. The van der Waals surface area contributed by atoms with E-state index in [1.165, 1.54) is 62.4 Å². The molecule has 0 aliphatic rings. The summed E-state index contributed by atoms with van der Waals surface area (Å²) in [7, 11) is 0. The van der Waals surface area contributed by atoms with E-state index in [9.17, 15) is 19.5 Å². The number of carboxylic acid groups (broad SMARTS) is 2. The number of rotatable bonds is 15. The summed E-state index contributed by atoms with van der Waals surface area (Å²) in [5, 5.41) is 18.4. The molecule has 172 valence electrons. The molecule has 0 unspecified atom stereocenters. The van der Waals surface area contributed by atoms with Gasteiger partial charge in [-0.25, -0.2) is 4.79 Å². The Morgan fingerprint density at radius 3 is 2.06 bits per heavy atom. The average Bonchev–Trinajstić information content (AvgIpc) is 2.78. The van der Waals surface area contributed by atoms with Crippen molar-refractivity contribution in [1.82, 2.24) is 0 Å². The van der Waals surface area contributed by atoms with Gasteiger partial charge in [0.05, 0.1) is 18.6 Å². The Hall–Kier alpha value is -3.15. The van der Waals surface area contributed by atoms with Crippen LogP contribution in [0.5, 0.6) is 5.75 Å². The summed E-state index contributed by atoms with van der Waals surface area (Å²) in [5.41, 5.74) is 0.978. The molecule has 6 heteroatoms. The molecule has 0 spiro atoms. The quantitative estimate of drug-likeness (QED) is 0.270. The van der Waals surface area contributed by atoms with Crippen LogP contribution in [0.25, 0.3) is 0 Å². The Balaban J connectivity index is 1.99. The monoisotopic (exact) mass is 440 g/mol. The third-order valence-electron chi connectivity index (χ3n) is 5.29. The van der Waals surface area contributed by atoms with Crippen LogP contribution in [0.15, 0.2) is 42.5 Å². The molecule has 32 heavy (non-hydrogen) atoms. The van der Waals surface area contributed by atoms with Gasteiger partial charge in [0.2, 0.25) is 0 Å². The molecule has 6 nitrogen and oxygen atoms in total. The minimum absolute atomic E-state index is 0.0203. The number of aromatic carboxylic acids is 1. The molecule has 0 aliphatic carbocycles. The first-order valence-electron chi connectivity index (χ1n) is 11.3. The van der Waals surface area contributed by atoms with Crippen LogP contribution in [0.4, 0.5) is 0 Å². The van der Waals surface area contributed by atoms with E-state index in [-0.39, 0.29) is 23.3 Å². The first-order valence-corrected chi connectivity index (χ1v) is 11.3. The number of aliphatic carboxylic acids is 1. The fourth-order valence-corrected chi connectivity index (χ4v) is 3.54. The fourth-order valence-electron chi connectivity index (χ4n) is 3.54. The second-order valence-corrected chi connectivity index (χ2v) is 7.93. The van der Waals surface area contributed by atoms with Gasteiger partial charge in [-0.05, 0) is 36.8 Å². The number of benzene rings is 2. The van der Waals surface area contributed by atoms with Gasteiger partial charge in [0.1, 0.15) is 5.75 Å². The molecule has 0 aromatic heterocycles. The molecule has 0 amide bonds. The molecular formula is C26H32O6. The number of carbonyl (C=O) groups is 3. The van der Waals surface area contributed by atoms with Gasteiger partial charge in [0, 0.05) is 16.7 Å². The summed E-state index contributed by atoms with van der Waals surface area (Å²) < 4.78 is 5.82. The van der Waals surface area contributed by atoms with Gasteiger partial charge in [-0.3, -0.25) is 9.59 Å². The summed E-state index contributed by atoms with van der Waals surface area (Å²) in [6.07, 6.45) is 9.18. The van der Waals surface area contributed by atoms with Crippen LogP contribution in [-0.4, -0.2) is 34.5 Å². The third kappa shape index (κ3) is 8.17. The van der Waals surface area contributed by atoms with E-state index in [1.807, 2.05) is 0 Å². The van der Waals surface area contributed by atoms with Crippen LogP contribution in [0.2, 0.25) is 0 Å². The SMILES string of the molecule is CCCCCCCCCCOc1ccc(C(=O)c2cccc(C(=O)O)c2)cc1CC(=O)O. The normalized spacial score (nSPS) is 10.7. The molecule has 2 rings (SSSR count). The molecule has 2 aromatic carbocycles. The van der Waals surface area contributed by atoms with Crippen LogP contribution in [0.3, 0.4) is 0 Å². The number of ether oxygens (including phenoxy) is 1. The highest BCUT2D eigenvalue weighted by atomic mass is 16.5. The average molecular weight is 441 g/mol. The fraction of sp³-hybridized carbons (Fsp3) is 0.423. The van der Waals surface area contributed by atoms with Crippen molar-refractivity contribution in [3.63, 3.8) is 0 Å². The highest BCUT2D eigenvalue weighted by Crippen LogP contribution is 2.24. The summed E-state index contributed by atoms with van der Waals surface area (Å²) in [4.78, 5) is 35.3. The predicted octanol–water partition coefficient (Wildman–Crippen LogP) is 5.76. The molecule has 0 saturated heterocycles. The Morgan fingerprint density at radius 2 is 1.41 bits per heavy atom. The molecule has 0 radical (unpaired) electrons.